The minimum atomic E-state index is 0.517. The van der Waals surface area contributed by atoms with Gasteiger partial charge in [-0.15, -0.1) is 0 Å². The summed E-state index contributed by atoms with van der Waals surface area (Å²) in [5.41, 5.74) is 9.46. The molecule has 1 aliphatic rings. The molecule has 0 aromatic carbocycles. The van der Waals surface area contributed by atoms with Gasteiger partial charge in [0.2, 0.25) is 5.88 Å². The van der Waals surface area contributed by atoms with Gasteiger partial charge in [-0.25, -0.2) is 4.98 Å². The first-order valence-corrected chi connectivity index (χ1v) is 7.19. The standard InChI is InChI=1S/C15H24N2O/c1-2-3-6-9-18-15-13(11-16)10-12-7-4-5-8-14(12)17-15/h10H,2-9,11,16H2,1H3. The first-order valence-electron chi connectivity index (χ1n) is 7.19. The molecule has 3 nitrogen and oxygen atoms in total. The van der Waals surface area contributed by atoms with Crippen LogP contribution >= 0.6 is 0 Å². The fourth-order valence-electron chi connectivity index (χ4n) is 2.45. The van der Waals surface area contributed by atoms with Crippen molar-refractivity contribution in [3.05, 3.63) is 22.9 Å². The van der Waals surface area contributed by atoms with Crippen LogP contribution in [0.25, 0.3) is 0 Å². The maximum Gasteiger partial charge on any atom is 0.218 e. The number of ether oxygens (including phenoxy) is 1. The Kier molecular flexibility index (Phi) is 5.00. The molecule has 0 spiro atoms. The predicted octanol–water partition coefficient (Wildman–Crippen LogP) is 2.99. The van der Waals surface area contributed by atoms with E-state index in [4.69, 9.17) is 10.5 Å². The molecular formula is C15H24N2O. The zero-order valence-electron chi connectivity index (χ0n) is 11.4. The van der Waals surface area contributed by atoms with Crippen LogP contribution in [0.3, 0.4) is 0 Å². The highest BCUT2D eigenvalue weighted by Gasteiger charge is 2.15. The van der Waals surface area contributed by atoms with Crippen LogP contribution in [0, 0.1) is 0 Å². The third-order valence-corrected chi connectivity index (χ3v) is 3.55. The summed E-state index contributed by atoms with van der Waals surface area (Å²) in [5.74, 6) is 0.772. The van der Waals surface area contributed by atoms with Gasteiger partial charge in [-0.05, 0) is 43.7 Å². The van der Waals surface area contributed by atoms with E-state index in [1.165, 1.54) is 36.9 Å². The smallest absolute Gasteiger partial charge is 0.218 e. The van der Waals surface area contributed by atoms with E-state index in [0.29, 0.717) is 6.54 Å². The Balaban J connectivity index is 2.07. The molecule has 0 atom stereocenters. The highest BCUT2D eigenvalue weighted by atomic mass is 16.5. The van der Waals surface area contributed by atoms with E-state index >= 15 is 0 Å². The second kappa shape index (κ2) is 6.74. The van der Waals surface area contributed by atoms with Crippen molar-refractivity contribution in [3.63, 3.8) is 0 Å². The van der Waals surface area contributed by atoms with Crippen molar-refractivity contribution in [2.75, 3.05) is 6.61 Å². The van der Waals surface area contributed by atoms with Gasteiger partial charge in [0.25, 0.3) is 0 Å². The van der Waals surface area contributed by atoms with E-state index in [0.717, 1.165) is 37.3 Å². The molecule has 0 bridgehead atoms. The zero-order valence-corrected chi connectivity index (χ0v) is 11.4. The first-order chi connectivity index (χ1) is 8.85. The third-order valence-electron chi connectivity index (χ3n) is 3.55. The topological polar surface area (TPSA) is 48.1 Å². The van der Waals surface area contributed by atoms with Crippen LogP contribution in [0.1, 0.15) is 55.8 Å². The van der Waals surface area contributed by atoms with Gasteiger partial charge in [0, 0.05) is 17.8 Å². The van der Waals surface area contributed by atoms with Crippen LogP contribution < -0.4 is 10.5 Å². The molecule has 1 aliphatic carbocycles. The molecule has 1 heterocycles. The van der Waals surface area contributed by atoms with E-state index < -0.39 is 0 Å². The van der Waals surface area contributed by atoms with Crippen molar-refractivity contribution in [1.29, 1.82) is 0 Å². The molecule has 0 radical (unpaired) electrons. The molecule has 0 aliphatic heterocycles. The largest absolute Gasteiger partial charge is 0.477 e. The number of unbranched alkanes of at least 4 members (excludes halogenated alkanes) is 2. The maximum absolute atomic E-state index is 5.81. The number of aryl methyl sites for hydroxylation is 2. The summed E-state index contributed by atoms with van der Waals surface area (Å²) >= 11 is 0. The Morgan fingerprint density at radius 1 is 1.28 bits per heavy atom. The molecule has 18 heavy (non-hydrogen) atoms. The Labute approximate surface area is 110 Å². The molecule has 0 saturated heterocycles. The number of aromatic nitrogens is 1. The highest BCUT2D eigenvalue weighted by Crippen LogP contribution is 2.25. The van der Waals surface area contributed by atoms with Crippen LogP contribution in [0.15, 0.2) is 6.07 Å². The lowest BCUT2D eigenvalue weighted by Crippen LogP contribution is -2.12. The summed E-state index contributed by atoms with van der Waals surface area (Å²) in [6.45, 7) is 3.47. The van der Waals surface area contributed by atoms with E-state index in [9.17, 15) is 0 Å². The molecule has 2 rings (SSSR count). The SMILES string of the molecule is CCCCCOc1nc2c(cc1CN)CCCC2. The van der Waals surface area contributed by atoms with Crippen molar-refractivity contribution in [2.45, 2.75) is 58.4 Å². The van der Waals surface area contributed by atoms with E-state index in [-0.39, 0.29) is 0 Å². The average molecular weight is 248 g/mol. The Hall–Kier alpha value is -1.09. The molecule has 0 unspecified atom stereocenters. The van der Waals surface area contributed by atoms with Crippen molar-refractivity contribution >= 4 is 0 Å². The Morgan fingerprint density at radius 2 is 2.11 bits per heavy atom. The molecule has 0 fully saturated rings. The van der Waals surface area contributed by atoms with Gasteiger partial charge in [-0.2, -0.15) is 0 Å². The quantitative estimate of drug-likeness (QED) is 0.787. The van der Waals surface area contributed by atoms with E-state index in [1.54, 1.807) is 0 Å². The minimum absolute atomic E-state index is 0.517. The zero-order chi connectivity index (χ0) is 12.8. The van der Waals surface area contributed by atoms with E-state index in [2.05, 4.69) is 18.0 Å². The molecule has 0 amide bonds. The fraction of sp³-hybridized carbons (Fsp3) is 0.667. The van der Waals surface area contributed by atoms with Crippen LogP contribution in [0.4, 0.5) is 0 Å². The van der Waals surface area contributed by atoms with Gasteiger partial charge < -0.3 is 10.5 Å². The molecule has 0 saturated carbocycles. The molecule has 3 heteroatoms. The average Bonchev–Trinajstić information content (AvgIpc) is 2.42. The number of hydrogen-bond donors (Lipinski definition) is 1. The number of pyridine rings is 1. The van der Waals surface area contributed by atoms with Crippen molar-refractivity contribution < 1.29 is 4.74 Å². The predicted molar refractivity (Wildman–Crippen MR) is 73.8 cm³/mol. The van der Waals surface area contributed by atoms with Crippen LogP contribution in [-0.2, 0) is 19.4 Å². The molecule has 1 aromatic heterocycles. The maximum atomic E-state index is 5.81. The number of hydrogen-bond acceptors (Lipinski definition) is 3. The van der Waals surface area contributed by atoms with Gasteiger partial charge in [-0.1, -0.05) is 19.8 Å². The number of nitrogens with two attached hydrogens (primary N) is 1. The summed E-state index contributed by atoms with van der Waals surface area (Å²) in [6, 6.07) is 2.21. The van der Waals surface area contributed by atoms with Crippen molar-refractivity contribution in [1.82, 2.24) is 4.98 Å². The third kappa shape index (κ3) is 3.22. The minimum Gasteiger partial charge on any atom is -0.477 e. The lowest BCUT2D eigenvalue weighted by Gasteiger charge is -2.18. The van der Waals surface area contributed by atoms with Crippen LogP contribution in [0.5, 0.6) is 5.88 Å². The Morgan fingerprint density at radius 3 is 2.89 bits per heavy atom. The molecule has 1 aromatic rings. The van der Waals surface area contributed by atoms with Gasteiger partial charge in [0.05, 0.1) is 6.61 Å². The number of rotatable bonds is 6. The Bertz CT molecular complexity index is 390. The lowest BCUT2D eigenvalue weighted by atomic mass is 9.95. The normalized spacial score (nSPS) is 14.3. The lowest BCUT2D eigenvalue weighted by molar-refractivity contribution is 0.290. The van der Waals surface area contributed by atoms with Crippen molar-refractivity contribution in [2.24, 2.45) is 5.73 Å². The first kappa shape index (κ1) is 13.3. The van der Waals surface area contributed by atoms with Crippen LogP contribution in [0.2, 0.25) is 0 Å². The summed E-state index contributed by atoms with van der Waals surface area (Å²) < 4.78 is 5.81. The van der Waals surface area contributed by atoms with Crippen LogP contribution in [-0.4, -0.2) is 11.6 Å². The summed E-state index contributed by atoms with van der Waals surface area (Å²) in [4.78, 5) is 4.68. The van der Waals surface area contributed by atoms with Gasteiger partial charge in [0.1, 0.15) is 0 Å². The molecule has 2 N–H and O–H groups in total. The second-order valence-corrected chi connectivity index (χ2v) is 5.03. The highest BCUT2D eigenvalue weighted by molar-refractivity contribution is 5.35. The van der Waals surface area contributed by atoms with E-state index in [1.807, 2.05) is 0 Å². The second-order valence-electron chi connectivity index (χ2n) is 5.03. The molecule has 100 valence electrons. The van der Waals surface area contributed by atoms with Gasteiger partial charge >= 0.3 is 0 Å². The fourth-order valence-corrected chi connectivity index (χ4v) is 2.45. The number of fused-ring (bicyclic) bond motifs is 1. The monoisotopic (exact) mass is 248 g/mol. The summed E-state index contributed by atoms with van der Waals surface area (Å²) in [5, 5.41) is 0. The molecular weight excluding hydrogens is 224 g/mol. The van der Waals surface area contributed by atoms with Gasteiger partial charge in [-0.3, -0.25) is 0 Å². The summed E-state index contributed by atoms with van der Waals surface area (Å²) in [7, 11) is 0. The number of nitrogens with zero attached hydrogens (tertiary/aromatic N) is 1. The summed E-state index contributed by atoms with van der Waals surface area (Å²) in [6.07, 6.45) is 8.27. The van der Waals surface area contributed by atoms with Crippen molar-refractivity contribution in [3.8, 4) is 5.88 Å². The van der Waals surface area contributed by atoms with Gasteiger partial charge in [0.15, 0.2) is 0 Å².